The summed E-state index contributed by atoms with van der Waals surface area (Å²) in [6.07, 6.45) is 0. The molecule has 0 aliphatic heterocycles. The fraction of sp³-hybridized carbons (Fsp3) is 0.0625. The normalized spacial score (nSPS) is 10.5. The Morgan fingerprint density at radius 2 is 1.83 bits per heavy atom. The molecule has 0 spiro atoms. The second-order valence-electron chi connectivity index (χ2n) is 4.84. The molecule has 0 radical (unpaired) electrons. The molecule has 2 amide bonds. The fourth-order valence-corrected chi connectivity index (χ4v) is 3.23. The molecule has 0 unspecified atom stereocenters. The number of carbonyl (C=O) groups excluding carboxylic acids is 2. The monoisotopic (exact) mass is 389 g/mol. The summed E-state index contributed by atoms with van der Waals surface area (Å²) in [6, 6.07) is 12.6. The van der Waals surface area contributed by atoms with Gasteiger partial charge in [0.2, 0.25) is 5.91 Å². The molecule has 5 nitrogen and oxygen atoms in total. The van der Waals surface area contributed by atoms with Crippen LogP contribution in [0.25, 0.3) is 10.2 Å². The molecule has 3 aromatic rings. The molecule has 2 aromatic carbocycles. The molecule has 0 saturated heterocycles. The Morgan fingerprint density at radius 1 is 1.09 bits per heavy atom. The molecule has 1 aromatic heterocycles. The number of nitrogens with one attached hydrogen (secondary N) is 2. The van der Waals surface area contributed by atoms with E-state index < -0.39 is 0 Å². The third-order valence-corrected chi connectivity index (χ3v) is 4.50. The second kappa shape index (κ2) is 6.47. The average molecular weight is 390 g/mol. The lowest BCUT2D eigenvalue weighted by atomic mass is 10.2. The van der Waals surface area contributed by atoms with Gasteiger partial charge in [-0.3, -0.25) is 9.59 Å². The van der Waals surface area contributed by atoms with Gasteiger partial charge in [0.1, 0.15) is 0 Å². The Kier molecular flexibility index (Phi) is 4.40. The topological polar surface area (TPSA) is 71.1 Å². The molecule has 23 heavy (non-hydrogen) atoms. The summed E-state index contributed by atoms with van der Waals surface area (Å²) >= 11 is 4.70. The number of aromatic nitrogens is 1. The van der Waals surface area contributed by atoms with Gasteiger partial charge in [0, 0.05) is 22.6 Å². The van der Waals surface area contributed by atoms with Crippen molar-refractivity contribution < 1.29 is 9.59 Å². The van der Waals surface area contributed by atoms with E-state index in [-0.39, 0.29) is 11.8 Å². The van der Waals surface area contributed by atoms with Gasteiger partial charge in [-0.15, -0.1) is 0 Å². The zero-order valence-corrected chi connectivity index (χ0v) is 14.5. The van der Waals surface area contributed by atoms with E-state index in [0.29, 0.717) is 16.4 Å². The Bertz CT molecular complexity index is 890. The molecular weight excluding hydrogens is 378 g/mol. The van der Waals surface area contributed by atoms with Gasteiger partial charge in [0.15, 0.2) is 5.13 Å². The van der Waals surface area contributed by atoms with E-state index in [1.54, 1.807) is 18.2 Å². The van der Waals surface area contributed by atoms with Gasteiger partial charge >= 0.3 is 0 Å². The van der Waals surface area contributed by atoms with Crippen LogP contribution in [0, 0.1) is 0 Å². The third kappa shape index (κ3) is 3.75. The van der Waals surface area contributed by atoms with E-state index in [1.807, 2.05) is 24.3 Å². The number of thiazole rings is 1. The van der Waals surface area contributed by atoms with Crippen LogP contribution in [-0.4, -0.2) is 16.8 Å². The first-order valence-corrected chi connectivity index (χ1v) is 8.37. The van der Waals surface area contributed by atoms with Crippen molar-refractivity contribution >= 4 is 60.1 Å². The number of hydrogen-bond acceptors (Lipinski definition) is 4. The number of fused-ring (bicyclic) bond motifs is 1. The molecule has 0 aliphatic rings. The van der Waals surface area contributed by atoms with Crippen molar-refractivity contribution in [3.05, 3.63) is 52.5 Å². The molecule has 3 rings (SSSR count). The van der Waals surface area contributed by atoms with Crippen molar-refractivity contribution in [2.45, 2.75) is 6.92 Å². The highest BCUT2D eigenvalue weighted by Crippen LogP contribution is 2.28. The smallest absolute Gasteiger partial charge is 0.255 e. The summed E-state index contributed by atoms with van der Waals surface area (Å²) in [5.74, 6) is -0.337. The first-order valence-electron chi connectivity index (χ1n) is 6.76. The Morgan fingerprint density at radius 3 is 2.52 bits per heavy atom. The third-order valence-electron chi connectivity index (χ3n) is 3.04. The summed E-state index contributed by atoms with van der Waals surface area (Å²) in [6.45, 7) is 1.44. The van der Waals surface area contributed by atoms with Crippen LogP contribution in [-0.2, 0) is 4.79 Å². The molecule has 0 saturated carbocycles. The first kappa shape index (κ1) is 15.6. The zero-order valence-electron chi connectivity index (χ0n) is 12.1. The maximum Gasteiger partial charge on any atom is 0.255 e. The van der Waals surface area contributed by atoms with Crippen molar-refractivity contribution in [2.75, 3.05) is 10.6 Å². The minimum Gasteiger partial charge on any atom is -0.322 e. The molecular formula is C16H12BrN3O2S. The van der Waals surface area contributed by atoms with Crippen LogP contribution in [0.2, 0.25) is 0 Å². The molecule has 0 atom stereocenters. The molecule has 7 heteroatoms. The Labute approximate surface area is 144 Å². The van der Waals surface area contributed by atoms with Crippen molar-refractivity contribution in [1.82, 2.24) is 4.98 Å². The minimum absolute atomic E-state index is 0.159. The Balaban J connectivity index is 1.81. The fourth-order valence-electron chi connectivity index (χ4n) is 2.01. The van der Waals surface area contributed by atoms with Gasteiger partial charge < -0.3 is 10.6 Å². The minimum atomic E-state index is -0.177. The highest BCUT2D eigenvalue weighted by molar-refractivity contribution is 9.10. The highest BCUT2D eigenvalue weighted by atomic mass is 79.9. The number of hydrogen-bond donors (Lipinski definition) is 2. The molecule has 116 valence electrons. The number of amides is 2. The van der Waals surface area contributed by atoms with Crippen LogP contribution in [0.1, 0.15) is 17.3 Å². The number of carbonyl (C=O) groups is 2. The van der Waals surface area contributed by atoms with E-state index in [0.717, 1.165) is 14.7 Å². The number of rotatable bonds is 3. The number of halogens is 1. The van der Waals surface area contributed by atoms with E-state index in [2.05, 4.69) is 31.5 Å². The second-order valence-corrected chi connectivity index (χ2v) is 6.79. The predicted octanol–water partition coefficient (Wildman–Crippen LogP) is 4.27. The van der Waals surface area contributed by atoms with E-state index in [9.17, 15) is 9.59 Å². The number of nitrogens with zero attached hydrogens (tertiary/aromatic N) is 1. The maximum atomic E-state index is 12.2. The van der Waals surface area contributed by atoms with Crippen LogP contribution >= 0.6 is 27.3 Å². The summed E-state index contributed by atoms with van der Waals surface area (Å²) < 4.78 is 1.81. The van der Waals surface area contributed by atoms with Gasteiger partial charge in [-0.2, -0.15) is 0 Å². The van der Waals surface area contributed by atoms with E-state index in [1.165, 1.54) is 18.3 Å². The van der Waals surface area contributed by atoms with E-state index >= 15 is 0 Å². The SMILES string of the molecule is CC(=O)Nc1nc2ccc(NC(=O)c3ccc(Br)cc3)cc2s1. The summed E-state index contributed by atoms with van der Waals surface area (Å²) in [5, 5.41) is 6.06. The molecule has 1 heterocycles. The first-order chi connectivity index (χ1) is 11.0. The standard InChI is InChI=1S/C16H12BrN3O2S/c1-9(21)18-16-20-13-7-6-12(8-14(13)23-16)19-15(22)10-2-4-11(17)5-3-10/h2-8H,1H3,(H,19,22)(H,18,20,21). The summed E-state index contributed by atoms with van der Waals surface area (Å²) in [5.41, 5.74) is 2.04. The lowest BCUT2D eigenvalue weighted by Crippen LogP contribution is -2.11. The van der Waals surface area contributed by atoms with Gasteiger partial charge in [0.05, 0.1) is 10.2 Å². The summed E-state index contributed by atoms with van der Waals surface area (Å²) in [7, 11) is 0. The van der Waals surface area contributed by atoms with Crippen LogP contribution in [0.4, 0.5) is 10.8 Å². The lowest BCUT2D eigenvalue weighted by Gasteiger charge is -2.05. The molecule has 0 fully saturated rings. The van der Waals surface area contributed by atoms with Gasteiger partial charge in [-0.25, -0.2) is 4.98 Å². The predicted molar refractivity (Wildman–Crippen MR) is 96.0 cm³/mol. The van der Waals surface area contributed by atoms with Crippen molar-refractivity contribution in [3.8, 4) is 0 Å². The zero-order chi connectivity index (χ0) is 16.4. The lowest BCUT2D eigenvalue weighted by molar-refractivity contribution is -0.114. The van der Waals surface area contributed by atoms with Crippen LogP contribution in [0.5, 0.6) is 0 Å². The largest absolute Gasteiger partial charge is 0.322 e. The van der Waals surface area contributed by atoms with Crippen molar-refractivity contribution in [3.63, 3.8) is 0 Å². The Hall–Kier alpha value is -2.25. The quantitative estimate of drug-likeness (QED) is 0.702. The van der Waals surface area contributed by atoms with E-state index in [4.69, 9.17) is 0 Å². The number of anilines is 2. The molecule has 0 aliphatic carbocycles. The average Bonchev–Trinajstić information content (AvgIpc) is 2.88. The van der Waals surface area contributed by atoms with Crippen molar-refractivity contribution in [2.24, 2.45) is 0 Å². The van der Waals surface area contributed by atoms with Crippen LogP contribution in [0.15, 0.2) is 46.9 Å². The van der Waals surface area contributed by atoms with Gasteiger partial charge in [0.25, 0.3) is 5.91 Å². The van der Waals surface area contributed by atoms with Crippen LogP contribution < -0.4 is 10.6 Å². The van der Waals surface area contributed by atoms with Gasteiger partial charge in [-0.05, 0) is 42.5 Å². The molecule has 0 bridgehead atoms. The highest BCUT2D eigenvalue weighted by Gasteiger charge is 2.09. The van der Waals surface area contributed by atoms with Gasteiger partial charge in [-0.1, -0.05) is 27.3 Å². The van der Waals surface area contributed by atoms with Crippen LogP contribution in [0.3, 0.4) is 0 Å². The summed E-state index contributed by atoms with van der Waals surface area (Å²) in [4.78, 5) is 27.6. The maximum absolute atomic E-state index is 12.2. The van der Waals surface area contributed by atoms with Crippen molar-refractivity contribution in [1.29, 1.82) is 0 Å². The molecule has 2 N–H and O–H groups in total. The number of benzene rings is 2.